The minimum atomic E-state index is 0.811. The number of nitrogens with zero attached hydrogens (tertiary/aromatic N) is 1. The molecule has 0 atom stereocenters. The lowest BCUT2D eigenvalue weighted by Gasteiger charge is -2.03. The van der Waals surface area contributed by atoms with E-state index in [0.717, 1.165) is 24.3 Å². The molecule has 15 heavy (non-hydrogen) atoms. The molecule has 2 aromatic rings. The Morgan fingerprint density at radius 2 is 2.13 bits per heavy atom. The lowest BCUT2D eigenvalue weighted by molar-refractivity contribution is 0.357. The van der Waals surface area contributed by atoms with Crippen LogP contribution in [0.4, 0.5) is 0 Å². The molecule has 0 spiro atoms. The molecule has 0 aliphatic carbocycles. The predicted molar refractivity (Wildman–Crippen MR) is 58.9 cm³/mol. The zero-order chi connectivity index (χ0) is 10.1. The summed E-state index contributed by atoms with van der Waals surface area (Å²) < 4.78 is 5.47. The molecule has 1 aliphatic heterocycles. The van der Waals surface area contributed by atoms with Crippen LogP contribution < -0.4 is 4.74 Å². The Hall–Kier alpha value is -1.83. The summed E-state index contributed by atoms with van der Waals surface area (Å²) >= 11 is 0. The molecule has 2 nitrogen and oxygen atoms in total. The minimum Gasteiger partial charge on any atom is -0.493 e. The molecule has 74 valence electrons. The molecule has 0 unspecified atom stereocenters. The van der Waals surface area contributed by atoms with Gasteiger partial charge in [-0.25, -0.2) is 0 Å². The van der Waals surface area contributed by atoms with E-state index in [2.05, 4.69) is 23.2 Å². The quantitative estimate of drug-likeness (QED) is 0.701. The van der Waals surface area contributed by atoms with Crippen molar-refractivity contribution in [3.05, 3.63) is 48.3 Å². The Morgan fingerprint density at radius 3 is 3.00 bits per heavy atom. The Kier molecular flexibility index (Phi) is 1.91. The summed E-state index contributed by atoms with van der Waals surface area (Å²) in [5, 5.41) is 0. The fraction of sp³-hybridized carbons (Fsp3) is 0.154. The Bertz CT molecular complexity index is 479. The van der Waals surface area contributed by atoms with Crippen LogP contribution >= 0.6 is 0 Å². The second-order valence-corrected chi connectivity index (χ2v) is 3.66. The largest absolute Gasteiger partial charge is 0.493 e. The van der Waals surface area contributed by atoms with Crippen molar-refractivity contribution in [2.45, 2.75) is 6.42 Å². The second-order valence-electron chi connectivity index (χ2n) is 3.66. The molecule has 2 heterocycles. The highest BCUT2D eigenvalue weighted by atomic mass is 16.5. The number of hydrogen-bond acceptors (Lipinski definition) is 2. The fourth-order valence-corrected chi connectivity index (χ4v) is 1.90. The Morgan fingerprint density at radius 1 is 1.13 bits per heavy atom. The zero-order valence-corrected chi connectivity index (χ0v) is 8.31. The number of aromatic nitrogens is 1. The highest BCUT2D eigenvalue weighted by Crippen LogP contribution is 2.29. The molecule has 3 rings (SSSR count). The normalized spacial score (nSPS) is 13.3. The van der Waals surface area contributed by atoms with E-state index < -0.39 is 0 Å². The first-order chi connectivity index (χ1) is 7.43. The van der Waals surface area contributed by atoms with E-state index in [1.54, 1.807) is 6.20 Å². The van der Waals surface area contributed by atoms with Gasteiger partial charge in [-0.1, -0.05) is 12.1 Å². The first kappa shape index (κ1) is 8.48. The van der Waals surface area contributed by atoms with E-state index in [-0.39, 0.29) is 0 Å². The maximum atomic E-state index is 5.47. The SMILES string of the molecule is c1cncc(-c2ccc3c(c2)CCO3)c1. The van der Waals surface area contributed by atoms with E-state index in [1.165, 1.54) is 11.1 Å². The first-order valence-corrected chi connectivity index (χ1v) is 5.09. The van der Waals surface area contributed by atoms with Gasteiger partial charge in [0.2, 0.25) is 0 Å². The van der Waals surface area contributed by atoms with Crippen molar-refractivity contribution in [3.8, 4) is 16.9 Å². The standard InChI is InChI=1S/C13H11NO/c1-2-12(9-14-6-1)10-3-4-13-11(8-10)5-7-15-13/h1-4,6,8-9H,5,7H2. The molecule has 0 fully saturated rings. The van der Waals surface area contributed by atoms with Crippen LogP contribution in [0.5, 0.6) is 5.75 Å². The molecule has 0 saturated carbocycles. The number of fused-ring (bicyclic) bond motifs is 1. The zero-order valence-electron chi connectivity index (χ0n) is 8.31. The predicted octanol–water partition coefficient (Wildman–Crippen LogP) is 2.68. The summed E-state index contributed by atoms with van der Waals surface area (Å²) in [5.41, 5.74) is 3.68. The molecule has 0 bridgehead atoms. The molecule has 0 saturated heterocycles. The van der Waals surface area contributed by atoms with Gasteiger partial charge in [0, 0.05) is 24.4 Å². The van der Waals surface area contributed by atoms with Crippen molar-refractivity contribution in [2.24, 2.45) is 0 Å². The summed E-state index contributed by atoms with van der Waals surface area (Å²) in [5.74, 6) is 1.03. The van der Waals surface area contributed by atoms with Crippen molar-refractivity contribution >= 4 is 0 Å². The van der Waals surface area contributed by atoms with Gasteiger partial charge < -0.3 is 4.74 Å². The average molecular weight is 197 g/mol. The Balaban J connectivity index is 2.07. The number of benzene rings is 1. The van der Waals surface area contributed by atoms with Gasteiger partial charge in [-0.05, 0) is 29.3 Å². The van der Waals surface area contributed by atoms with Crippen LogP contribution in [0.25, 0.3) is 11.1 Å². The monoisotopic (exact) mass is 197 g/mol. The van der Waals surface area contributed by atoms with Crippen LogP contribution in [-0.2, 0) is 6.42 Å². The number of ether oxygens (including phenoxy) is 1. The van der Waals surface area contributed by atoms with Gasteiger partial charge in [-0.3, -0.25) is 4.98 Å². The van der Waals surface area contributed by atoms with Crippen LogP contribution in [0.3, 0.4) is 0 Å². The highest BCUT2D eigenvalue weighted by molar-refractivity contribution is 5.65. The third kappa shape index (κ3) is 1.48. The fourth-order valence-electron chi connectivity index (χ4n) is 1.90. The lowest BCUT2D eigenvalue weighted by Crippen LogP contribution is -1.85. The van der Waals surface area contributed by atoms with Gasteiger partial charge in [0.15, 0.2) is 0 Å². The molecule has 1 aliphatic rings. The van der Waals surface area contributed by atoms with Crippen molar-refractivity contribution in [2.75, 3.05) is 6.61 Å². The van der Waals surface area contributed by atoms with E-state index in [9.17, 15) is 0 Å². The van der Waals surface area contributed by atoms with Gasteiger partial charge in [0.25, 0.3) is 0 Å². The summed E-state index contributed by atoms with van der Waals surface area (Å²) in [4.78, 5) is 4.12. The number of rotatable bonds is 1. The molecule has 0 N–H and O–H groups in total. The topological polar surface area (TPSA) is 22.1 Å². The summed E-state index contributed by atoms with van der Waals surface area (Å²) in [6.45, 7) is 0.811. The van der Waals surface area contributed by atoms with Crippen LogP contribution in [0.2, 0.25) is 0 Å². The maximum Gasteiger partial charge on any atom is 0.122 e. The van der Waals surface area contributed by atoms with E-state index in [4.69, 9.17) is 4.74 Å². The third-order valence-corrected chi connectivity index (χ3v) is 2.68. The van der Waals surface area contributed by atoms with Gasteiger partial charge in [-0.15, -0.1) is 0 Å². The summed E-state index contributed by atoms with van der Waals surface area (Å²) in [6.07, 6.45) is 4.70. The molecule has 1 aromatic heterocycles. The van der Waals surface area contributed by atoms with E-state index in [1.807, 2.05) is 18.3 Å². The smallest absolute Gasteiger partial charge is 0.122 e. The van der Waals surface area contributed by atoms with Crippen molar-refractivity contribution in [3.63, 3.8) is 0 Å². The highest BCUT2D eigenvalue weighted by Gasteiger charge is 2.12. The van der Waals surface area contributed by atoms with Crippen LogP contribution in [0, 0.1) is 0 Å². The molecular weight excluding hydrogens is 186 g/mol. The van der Waals surface area contributed by atoms with Crippen molar-refractivity contribution < 1.29 is 4.74 Å². The average Bonchev–Trinajstić information content (AvgIpc) is 2.77. The van der Waals surface area contributed by atoms with Gasteiger partial charge in [-0.2, -0.15) is 0 Å². The molecular formula is C13H11NO. The number of pyridine rings is 1. The van der Waals surface area contributed by atoms with Crippen molar-refractivity contribution in [1.29, 1.82) is 0 Å². The van der Waals surface area contributed by atoms with Crippen molar-refractivity contribution in [1.82, 2.24) is 4.98 Å². The van der Waals surface area contributed by atoms with Gasteiger partial charge >= 0.3 is 0 Å². The number of hydrogen-bond donors (Lipinski definition) is 0. The van der Waals surface area contributed by atoms with E-state index >= 15 is 0 Å². The Labute approximate surface area is 88.5 Å². The van der Waals surface area contributed by atoms with Gasteiger partial charge in [0.1, 0.15) is 5.75 Å². The summed E-state index contributed by atoms with van der Waals surface area (Å²) in [6, 6.07) is 10.4. The first-order valence-electron chi connectivity index (χ1n) is 5.09. The molecule has 0 amide bonds. The molecule has 1 aromatic carbocycles. The summed E-state index contributed by atoms with van der Waals surface area (Å²) in [7, 11) is 0. The van der Waals surface area contributed by atoms with Crippen LogP contribution in [0.15, 0.2) is 42.7 Å². The van der Waals surface area contributed by atoms with Crippen LogP contribution in [-0.4, -0.2) is 11.6 Å². The molecule has 2 heteroatoms. The third-order valence-electron chi connectivity index (χ3n) is 2.68. The lowest BCUT2D eigenvalue weighted by atomic mass is 10.0. The van der Waals surface area contributed by atoms with Gasteiger partial charge in [0.05, 0.1) is 6.61 Å². The maximum absolute atomic E-state index is 5.47. The minimum absolute atomic E-state index is 0.811. The molecule has 0 radical (unpaired) electrons. The second kappa shape index (κ2) is 3.39. The van der Waals surface area contributed by atoms with Crippen LogP contribution in [0.1, 0.15) is 5.56 Å². The van der Waals surface area contributed by atoms with E-state index in [0.29, 0.717) is 0 Å².